The van der Waals surface area contributed by atoms with Crippen molar-refractivity contribution >= 4 is 6.03 Å². The zero-order valence-electron chi connectivity index (χ0n) is 14.0. The number of benzene rings is 1. The van der Waals surface area contributed by atoms with Crippen molar-refractivity contribution in [3.63, 3.8) is 0 Å². The van der Waals surface area contributed by atoms with E-state index in [1.807, 2.05) is 4.90 Å². The monoisotopic (exact) mass is 301 g/mol. The molecule has 0 N–H and O–H groups in total. The van der Waals surface area contributed by atoms with E-state index in [1.165, 1.54) is 5.56 Å². The van der Waals surface area contributed by atoms with Gasteiger partial charge in [0.2, 0.25) is 0 Å². The van der Waals surface area contributed by atoms with E-state index in [0.717, 1.165) is 39.3 Å². The third kappa shape index (κ3) is 2.98. The van der Waals surface area contributed by atoms with Gasteiger partial charge in [-0.05, 0) is 18.0 Å². The molecule has 2 aliphatic heterocycles. The maximum atomic E-state index is 12.8. The molecule has 1 aromatic carbocycles. The summed E-state index contributed by atoms with van der Waals surface area (Å²) in [4.78, 5) is 19.2. The normalized spacial score (nSPS) is 25.5. The van der Waals surface area contributed by atoms with Crippen LogP contribution in [0, 0.1) is 5.41 Å². The minimum Gasteiger partial charge on any atom is -0.323 e. The van der Waals surface area contributed by atoms with E-state index >= 15 is 0 Å². The summed E-state index contributed by atoms with van der Waals surface area (Å²) in [6, 6.07) is 10.8. The molecular formula is C18H27N3O. The van der Waals surface area contributed by atoms with Gasteiger partial charge >= 0.3 is 6.03 Å². The second-order valence-corrected chi connectivity index (χ2v) is 7.41. The van der Waals surface area contributed by atoms with Crippen molar-refractivity contribution in [3.8, 4) is 0 Å². The van der Waals surface area contributed by atoms with Gasteiger partial charge in [0.05, 0.1) is 0 Å². The SMILES string of the molecule is CN1CCN(C(=O)N2C[C@H](c3ccccc3)C(C)(C)C2)CC1. The van der Waals surface area contributed by atoms with Gasteiger partial charge in [-0.3, -0.25) is 0 Å². The number of likely N-dealkylation sites (tertiary alicyclic amines) is 1. The van der Waals surface area contributed by atoms with Crippen LogP contribution < -0.4 is 0 Å². The predicted octanol–water partition coefficient (Wildman–Crippen LogP) is 2.48. The van der Waals surface area contributed by atoms with Gasteiger partial charge in [-0.1, -0.05) is 44.2 Å². The molecule has 2 aliphatic rings. The van der Waals surface area contributed by atoms with Crippen molar-refractivity contribution < 1.29 is 4.79 Å². The minimum absolute atomic E-state index is 0.129. The minimum atomic E-state index is 0.129. The molecule has 4 heteroatoms. The highest BCUT2D eigenvalue weighted by molar-refractivity contribution is 5.75. The fourth-order valence-electron chi connectivity index (χ4n) is 3.72. The first-order valence-corrected chi connectivity index (χ1v) is 8.25. The zero-order chi connectivity index (χ0) is 15.7. The maximum absolute atomic E-state index is 12.8. The summed E-state index contributed by atoms with van der Waals surface area (Å²) in [5.74, 6) is 0.421. The molecule has 1 atom stereocenters. The lowest BCUT2D eigenvalue weighted by Gasteiger charge is -2.35. The smallest absolute Gasteiger partial charge is 0.320 e. The van der Waals surface area contributed by atoms with E-state index < -0.39 is 0 Å². The highest BCUT2D eigenvalue weighted by Gasteiger charge is 2.43. The van der Waals surface area contributed by atoms with Crippen molar-refractivity contribution in [1.82, 2.24) is 14.7 Å². The predicted molar refractivity (Wildman–Crippen MR) is 89.0 cm³/mol. The van der Waals surface area contributed by atoms with Gasteiger partial charge in [0.15, 0.2) is 0 Å². The van der Waals surface area contributed by atoms with E-state index in [0.29, 0.717) is 5.92 Å². The fraction of sp³-hybridized carbons (Fsp3) is 0.611. The molecule has 4 nitrogen and oxygen atoms in total. The number of carbonyl (C=O) groups is 1. The van der Waals surface area contributed by atoms with E-state index in [-0.39, 0.29) is 11.4 Å². The lowest BCUT2D eigenvalue weighted by molar-refractivity contribution is 0.126. The van der Waals surface area contributed by atoms with E-state index in [9.17, 15) is 4.79 Å². The number of rotatable bonds is 1. The highest BCUT2D eigenvalue weighted by atomic mass is 16.2. The van der Waals surface area contributed by atoms with Crippen LogP contribution in [-0.2, 0) is 0 Å². The number of amides is 2. The van der Waals surface area contributed by atoms with E-state index in [1.54, 1.807) is 0 Å². The van der Waals surface area contributed by atoms with Gasteiger partial charge in [-0.15, -0.1) is 0 Å². The molecule has 2 amide bonds. The van der Waals surface area contributed by atoms with E-state index in [2.05, 4.69) is 61.0 Å². The highest BCUT2D eigenvalue weighted by Crippen LogP contribution is 2.42. The van der Waals surface area contributed by atoms with Gasteiger partial charge in [0.25, 0.3) is 0 Å². The quantitative estimate of drug-likeness (QED) is 0.797. The standard InChI is InChI=1S/C18H27N3O/c1-18(2)14-21(13-16(18)15-7-5-4-6-8-15)17(22)20-11-9-19(3)10-12-20/h4-8,16H,9-14H2,1-3H3/t16-/m1/s1. The summed E-state index contributed by atoms with van der Waals surface area (Å²) < 4.78 is 0. The molecule has 0 spiro atoms. The summed E-state index contributed by atoms with van der Waals surface area (Å²) in [5, 5.41) is 0. The maximum Gasteiger partial charge on any atom is 0.320 e. The summed E-state index contributed by atoms with van der Waals surface area (Å²) in [5.41, 5.74) is 1.48. The van der Waals surface area contributed by atoms with Crippen LogP contribution in [0.3, 0.4) is 0 Å². The van der Waals surface area contributed by atoms with E-state index in [4.69, 9.17) is 0 Å². The molecule has 0 bridgehead atoms. The Morgan fingerprint density at radius 1 is 1.05 bits per heavy atom. The van der Waals surface area contributed by atoms with Crippen LogP contribution in [0.2, 0.25) is 0 Å². The Kier molecular flexibility index (Phi) is 4.13. The van der Waals surface area contributed by atoms with Crippen molar-refractivity contribution in [1.29, 1.82) is 0 Å². The first-order valence-electron chi connectivity index (χ1n) is 8.25. The Morgan fingerprint density at radius 3 is 2.32 bits per heavy atom. The number of nitrogens with zero attached hydrogens (tertiary/aromatic N) is 3. The van der Waals surface area contributed by atoms with Gasteiger partial charge in [-0.2, -0.15) is 0 Å². The number of hydrogen-bond acceptors (Lipinski definition) is 2. The van der Waals surface area contributed by atoms with Crippen molar-refractivity contribution in [3.05, 3.63) is 35.9 Å². The first-order chi connectivity index (χ1) is 10.5. The van der Waals surface area contributed by atoms with Crippen molar-refractivity contribution in [2.24, 2.45) is 5.41 Å². The van der Waals surface area contributed by atoms with Crippen LogP contribution >= 0.6 is 0 Å². The molecule has 3 rings (SSSR count). The number of carbonyl (C=O) groups excluding carboxylic acids is 1. The molecule has 120 valence electrons. The Bertz CT molecular complexity index is 520. The van der Waals surface area contributed by atoms with Crippen molar-refractivity contribution in [2.45, 2.75) is 19.8 Å². The topological polar surface area (TPSA) is 26.8 Å². The summed E-state index contributed by atoms with van der Waals surface area (Å²) >= 11 is 0. The zero-order valence-corrected chi connectivity index (χ0v) is 14.0. The molecule has 1 aromatic rings. The molecule has 0 aliphatic carbocycles. The van der Waals surface area contributed by atoms with Gasteiger partial charge in [-0.25, -0.2) is 4.79 Å². The molecule has 2 fully saturated rings. The molecule has 0 radical (unpaired) electrons. The van der Waals surface area contributed by atoms with Crippen LogP contribution in [-0.4, -0.2) is 67.0 Å². The summed E-state index contributed by atoms with van der Waals surface area (Å²) in [6.07, 6.45) is 0. The van der Waals surface area contributed by atoms with Crippen LogP contribution in [0.5, 0.6) is 0 Å². The second-order valence-electron chi connectivity index (χ2n) is 7.41. The van der Waals surface area contributed by atoms with Gasteiger partial charge < -0.3 is 14.7 Å². The number of piperazine rings is 1. The number of urea groups is 1. The molecule has 22 heavy (non-hydrogen) atoms. The van der Waals surface area contributed by atoms with Gasteiger partial charge in [0.1, 0.15) is 0 Å². The molecule has 0 saturated carbocycles. The fourth-order valence-corrected chi connectivity index (χ4v) is 3.72. The molecule has 2 heterocycles. The third-order valence-corrected chi connectivity index (χ3v) is 5.19. The van der Waals surface area contributed by atoms with Crippen molar-refractivity contribution in [2.75, 3.05) is 46.3 Å². The third-order valence-electron chi connectivity index (χ3n) is 5.19. The second kappa shape index (κ2) is 5.92. The molecule has 2 saturated heterocycles. The van der Waals surface area contributed by atoms with Crippen LogP contribution in [0.25, 0.3) is 0 Å². The first kappa shape index (κ1) is 15.3. The largest absolute Gasteiger partial charge is 0.323 e. The van der Waals surface area contributed by atoms with Crippen LogP contribution in [0.1, 0.15) is 25.3 Å². The van der Waals surface area contributed by atoms with Crippen LogP contribution in [0.15, 0.2) is 30.3 Å². The molecular weight excluding hydrogens is 274 g/mol. The molecule has 0 aromatic heterocycles. The Balaban J connectivity index is 1.71. The average molecular weight is 301 g/mol. The summed E-state index contributed by atoms with van der Waals surface area (Å²) in [6.45, 7) is 9.89. The Labute approximate surface area is 133 Å². The Morgan fingerprint density at radius 2 is 1.68 bits per heavy atom. The number of hydrogen-bond donors (Lipinski definition) is 0. The van der Waals surface area contributed by atoms with Crippen LogP contribution in [0.4, 0.5) is 4.79 Å². The lowest BCUT2D eigenvalue weighted by Crippen LogP contribution is -2.51. The van der Waals surface area contributed by atoms with Gasteiger partial charge in [0, 0.05) is 45.2 Å². The average Bonchev–Trinajstić information content (AvgIpc) is 2.84. The Hall–Kier alpha value is -1.55. The lowest BCUT2D eigenvalue weighted by atomic mass is 9.78. The number of likely N-dealkylation sites (N-methyl/N-ethyl adjacent to an activating group) is 1. The summed E-state index contributed by atoms with van der Waals surface area (Å²) in [7, 11) is 2.12. The molecule has 0 unspecified atom stereocenters.